The minimum atomic E-state index is -0.834. The predicted octanol–water partition coefficient (Wildman–Crippen LogP) is 5.94. The van der Waals surface area contributed by atoms with Crippen LogP contribution in [0.15, 0.2) is 71.3 Å². The molecule has 178 valence electrons. The second-order valence-corrected chi connectivity index (χ2v) is 9.85. The summed E-state index contributed by atoms with van der Waals surface area (Å²) in [6.45, 7) is 2.62. The van der Waals surface area contributed by atoms with Crippen molar-refractivity contribution in [2.45, 2.75) is 19.4 Å². The number of thiophene rings is 1. The number of hydrogen-bond donors (Lipinski definition) is 1. The van der Waals surface area contributed by atoms with Gasteiger partial charge in [-0.15, -0.1) is 11.3 Å². The first-order valence-corrected chi connectivity index (χ1v) is 12.7. The summed E-state index contributed by atoms with van der Waals surface area (Å²) in [6, 6.07) is 15.3. The van der Waals surface area contributed by atoms with E-state index in [1.165, 1.54) is 27.6 Å². The second-order valence-electron chi connectivity index (χ2n) is 7.89. The number of thiazole rings is 1. The van der Waals surface area contributed by atoms with Gasteiger partial charge in [-0.3, -0.25) is 14.5 Å². The number of carbonyl (C=O) groups is 2. The summed E-state index contributed by atoms with van der Waals surface area (Å²) < 4.78 is 11.8. The Bertz CT molecular complexity index is 1420. The van der Waals surface area contributed by atoms with Crippen LogP contribution in [0, 0.1) is 0 Å². The van der Waals surface area contributed by atoms with Crippen molar-refractivity contribution in [2.75, 3.05) is 18.6 Å². The van der Waals surface area contributed by atoms with E-state index in [1.807, 2.05) is 31.2 Å². The van der Waals surface area contributed by atoms with Crippen LogP contribution in [0.3, 0.4) is 0 Å². The SMILES string of the molecule is CCCOc1ccc(C2C(C(=O)c3cccs3)=C(O)C(=O)N2c2nc3ccc(OC)cc3s2)cc1. The quantitative estimate of drug-likeness (QED) is 0.298. The number of aromatic nitrogens is 1. The van der Waals surface area contributed by atoms with Crippen molar-refractivity contribution in [3.05, 3.63) is 81.8 Å². The van der Waals surface area contributed by atoms with E-state index in [-0.39, 0.29) is 11.4 Å². The molecule has 1 N–H and O–H groups in total. The first-order chi connectivity index (χ1) is 17.0. The minimum Gasteiger partial charge on any atom is -0.503 e. The molecule has 1 unspecified atom stereocenters. The highest BCUT2D eigenvalue weighted by Crippen LogP contribution is 2.45. The van der Waals surface area contributed by atoms with E-state index < -0.39 is 17.7 Å². The Balaban J connectivity index is 1.61. The zero-order valence-electron chi connectivity index (χ0n) is 19.1. The van der Waals surface area contributed by atoms with Gasteiger partial charge in [0, 0.05) is 0 Å². The Labute approximate surface area is 209 Å². The van der Waals surface area contributed by atoms with Crippen LogP contribution >= 0.6 is 22.7 Å². The molecule has 0 radical (unpaired) electrons. The largest absolute Gasteiger partial charge is 0.503 e. The number of nitrogens with zero attached hydrogens (tertiary/aromatic N) is 2. The molecule has 1 aliphatic heterocycles. The van der Waals surface area contributed by atoms with Crippen molar-refractivity contribution in [1.82, 2.24) is 4.98 Å². The number of aliphatic hydroxyl groups is 1. The first kappa shape index (κ1) is 23.1. The second kappa shape index (κ2) is 9.52. The van der Waals surface area contributed by atoms with E-state index in [2.05, 4.69) is 4.98 Å². The maximum Gasteiger partial charge on any atom is 0.296 e. The number of fused-ring (bicyclic) bond motifs is 1. The zero-order valence-corrected chi connectivity index (χ0v) is 20.7. The Morgan fingerprint density at radius 1 is 1.14 bits per heavy atom. The molecule has 35 heavy (non-hydrogen) atoms. The summed E-state index contributed by atoms with van der Waals surface area (Å²) in [6.07, 6.45) is 0.880. The average molecular weight is 507 g/mol. The van der Waals surface area contributed by atoms with Crippen LogP contribution in [-0.4, -0.2) is 35.5 Å². The molecular weight excluding hydrogens is 484 g/mol. The zero-order chi connectivity index (χ0) is 24.5. The molecule has 0 spiro atoms. The van der Waals surface area contributed by atoms with Crippen LogP contribution in [0.1, 0.15) is 34.6 Å². The summed E-state index contributed by atoms with van der Waals surface area (Å²) >= 11 is 2.56. The number of amides is 1. The molecule has 1 atom stereocenters. The van der Waals surface area contributed by atoms with Gasteiger partial charge in [-0.25, -0.2) is 4.98 Å². The fraction of sp³-hybridized carbons (Fsp3) is 0.192. The van der Waals surface area contributed by atoms with Gasteiger partial charge >= 0.3 is 0 Å². The van der Waals surface area contributed by atoms with E-state index in [0.29, 0.717) is 39.2 Å². The molecule has 0 bridgehead atoms. The van der Waals surface area contributed by atoms with E-state index in [9.17, 15) is 14.7 Å². The number of rotatable bonds is 8. The minimum absolute atomic E-state index is 0.0384. The van der Waals surface area contributed by atoms with Crippen molar-refractivity contribution in [2.24, 2.45) is 0 Å². The molecule has 5 rings (SSSR count). The molecule has 2 aromatic heterocycles. The number of aliphatic hydroxyl groups excluding tert-OH is 1. The maximum atomic E-state index is 13.4. The number of benzene rings is 2. The topological polar surface area (TPSA) is 89.0 Å². The van der Waals surface area contributed by atoms with Crippen LogP contribution < -0.4 is 14.4 Å². The van der Waals surface area contributed by atoms with Crippen molar-refractivity contribution in [1.29, 1.82) is 0 Å². The van der Waals surface area contributed by atoms with Crippen molar-refractivity contribution in [3.8, 4) is 11.5 Å². The standard InChI is InChI=1S/C26H22N2O5S2/c1-3-12-33-16-8-6-15(7-9-16)22-21(23(29)19-5-4-13-34-19)24(30)25(31)28(22)26-27-18-11-10-17(32-2)14-20(18)35-26/h4-11,13-14,22,30H,3,12H2,1-2H3. The van der Waals surface area contributed by atoms with Gasteiger partial charge in [-0.05, 0) is 53.8 Å². The van der Waals surface area contributed by atoms with Gasteiger partial charge < -0.3 is 14.6 Å². The third-order valence-corrected chi connectivity index (χ3v) is 7.54. The lowest BCUT2D eigenvalue weighted by atomic mass is 9.95. The van der Waals surface area contributed by atoms with E-state index >= 15 is 0 Å². The van der Waals surface area contributed by atoms with Gasteiger partial charge in [0.05, 0.1) is 40.4 Å². The first-order valence-electron chi connectivity index (χ1n) is 11.0. The number of ketones is 1. The fourth-order valence-corrected chi connectivity index (χ4v) is 5.68. The summed E-state index contributed by atoms with van der Waals surface area (Å²) in [4.78, 5) is 33.3. The Morgan fingerprint density at radius 3 is 2.60 bits per heavy atom. The third kappa shape index (κ3) is 4.17. The van der Waals surface area contributed by atoms with Crippen LogP contribution in [0.2, 0.25) is 0 Å². The highest BCUT2D eigenvalue weighted by Gasteiger charge is 2.46. The lowest BCUT2D eigenvalue weighted by Crippen LogP contribution is -2.30. The fourth-order valence-electron chi connectivity index (χ4n) is 3.98. The third-order valence-electron chi connectivity index (χ3n) is 5.66. The lowest BCUT2D eigenvalue weighted by molar-refractivity contribution is -0.117. The van der Waals surface area contributed by atoms with Crippen molar-refractivity contribution >= 4 is 49.7 Å². The van der Waals surface area contributed by atoms with Crippen molar-refractivity contribution < 1.29 is 24.2 Å². The molecule has 2 aromatic carbocycles. The molecule has 9 heteroatoms. The molecule has 0 saturated carbocycles. The molecule has 7 nitrogen and oxygen atoms in total. The van der Waals surface area contributed by atoms with Gasteiger partial charge in [-0.2, -0.15) is 0 Å². The van der Waals surface area contributed by atoms with E-state index in [0.717, 1.165) is 11.1 Å². The van der Waals surface area contributed by atoms with Gasteiger partial charge in [0.2, 0.25) is 5.78 Å². The van der Waals surface area contributed by atoms with Gasteiger partial charge in [0.1, 0.15) is 11.5 Å². The summed E-state index contributed by atoms with van der Waals surface area (Å²) in [5.74, 6) is -0.233. The number of carbonyl (C=O) groups excluding carboxylic acids is 2. The van der Waals surface area contributed by atoms with Gasteiger partial charge in [-0.1, -0.05) is 36.5 Å². The Morgan fingerprint density at radius 2 is 1.91 bits per heavy atom. The number of Topliss-reactive ketones (excluding diaryl/α,β-unsaturated/α-hetero) is 1. The van der Waals surface area contributed by atoms with Crippen LogP contribution in [0.25, 0.3) is 10.2 Å². The van der Waals surface area contributed by atoms with Crippen LogP contribution in [-0.2, 0) is 4.79 Å². The summed E-state index contributed by atoms with van der Waals surface area (Å²) in [7, 11) is 1.58. The number of hydrogen-bond acceptors (Lipinski definition) is 8. The highest BCUT2D eigenvalue weighted by molar-refractivity contribution is 7.22. The number of ether oxygens (including phenoxy) is 2. The van der Waals surface area contributed by atoms with Gasteiger partial charge in [0.25, 0.3) is 5.91 Å². The van der Waals surface area contributed by atoms with Crippen LogP contribution in [0.5, 0.6) is 11.5 Å². The average Bonchev–Trinajstić information content (AvgIpc) is 3.61. The normalized spacial score (nSPS) is 15.8. The lowest BCUT2D eigenvalue weighted by Gasteiger charge is -2.24. The summed E-state index contributed by atoms with van der Waals surface area (Å²) in [5.41, 5.74) is 1.40. The van der Waals surface area contributed by atoms with Crippen molar-refractivity contribution in [3.63, 3.8) is 0 Å². The smallest absolute Gasteiger partial charge is 0.296 e. The van der Waals surface area contributed by atoms with Crippen LogP contribution in [0.4, 0.5) is 5.13 Å². The van der Waals surface area contributed by atoms with E-state index in [4.69, 9.17) is 9.47 Å². The molecule has 4 aromatic rings. The number of methoxy groups -OCH3 is 1. The monoisotopic (exact) mass is 506 g/mol. The van der Waals surface area contributed by atoms with E-state index in [1.54, 1.807) is 42.8 Å². The number of anilines is 1. The molecule has 0 aliphatic carbocycles. The molecule has 0 fully saturated rings. The maximum absolute atomic E-state index is 13.4. The van der Waals surface area contributed by atoms with Gasteiger partial charge in [0.15, 0.2) is 10.9 Å². The predicted molar refractivity (Wildman–Crippen MR) is 137 cm³/mol. The summed E-state index contributed by atoms with van der Waals surface area (Å²) in [5, 5.41) is 13.1. The molecule has 1 aliphatic rings. The Kier molecular flexibility index (Phi) is 6.27. The molecule has 3 heterocycles. The Hall–Kier alpha value is -3.69. The molecule has 0 saturated heterocycles. The molecule has 1 amide bonds. The highest BCUT2D eigenvalue weighted by atomic mass is 32.1. The molecular formula is C26H22N2O5S2.